The van der Waals surface area contributed by atoms with Crippen molar-refractivity contribution in [2.24, 2.45) is 0 Å². The molecule has 0 unspecified atom stereocenters. The lowest BCUT2D eigenvalue weighted by molar-refractivity contribution is 0.112. The molecule has 0 aliphatic heterocycles. The Morgan fingerprint density at radius 3 is 2.61 bits per heavy atom. The lowest BCUT2D eigenvalue weighted by atomic mass is 9.77. The number of aldehydes is 1. The molecule has 2 aromatic rings. The van der Waals surface area contributed by atoms with Gasteiger partial charge in [-0.05, 0) is 43.1 Å². The SMILES string of the molecule is COc1nc(C)cc(C)c1COc1ccc(B(O)O)c(C=O)c1. The van der Waals surface area contributed by atoms with E-state index >= 15 is 0 Å². The van der Waals surface area contributed by atoms with Crippen LogP contribution in [0.3, 0.4) is 0 Å². The second kappa shape index (κ2) is 7.26. The van der Waals surface area contributed by atoms with Gasteiger partial charge in [0.05, 0.1) is 12.7 Å². The highest BCUT2D eigenvalue weighted by molar-refractivity contribution is 6.60. The number of rotatable bonds is 6. The Morgan fingerprint density at radius 2 is 2.00 bits per heavy atom. The van der Waals surface area contributed by atoms with E-state index in [9.17, 15) is 14.8 Å². The van der Waals surface area contributed by atoms with E-state index in [4.69, 9.17) is 9.47 Å². The third-order valence-corrected chi connectivity index (χ3v) is 3.48. The molecular formula is C16H18BNO5. The number of pyridine rings is 1. The van der Waals surface area contributed by atoms with Crippen LogP contribution in [0.1, 0.15) is 27.2 Å². The van der Waals surface area contributed by atoms with Gasteiger partial charge in [-0.3, -0.25) is 4.79 Å². The minimum absolute atomic E-state index is 0.137. The molecule has 0 saturated carbocycles. The van der Waals surface area contributed by atoms with Crippen molar-refractivity contribution in [3.05, 3.63) is 46.6 Å². The first-order valence-electron chi connectivity index (χ1n) is 7.05. The topological polar surface area (TPSA) is 88.9 Å². The molecule has 0 atom stereocenters. The Bertz CT molecular complexity index is 718. The molecule has 0 fully saturated rings. The zero-order chi connectivity index (χ0) is 17.0. The van der Waals surface area contributed by atoms with Crippen molar-refractivity contribution in [3.8, 4) is 11.6 Å². The summed E-state index contributed by atoms with van der Waals surface area (Å²) in [5, 5.41) is 18.4. The number of aryl methyl sites for hydroxylation is 2. The molecule has 0 aliphatic rings. The van der Waals surface area contributed by atoms with E-state index in [1.54, 1.807) is 13.2 Å². The highest BCUT2D eigenvalue weighted by Crippen LogP contribution is 2.23. The Morgan fingerprint density at radius 1 is 1.26 bits per heavy atom. The molecule has 2 rings (SSSR count). The first kappa shape index (κ1) is 17.0. The zero-order valence-electron chi connectivity index (χ0n) is 13.2. The standard InChI is InChI=1S/C16H18BNO5/c1-10-6-11(2)18-16(22-3)14(10)9-23-13-4-5-15(17(20)21)12(7-13)8-19/h4-8,20-21H,9H2,1-3H3. The normalized spacial score (nSPS) is 10.3. The van der Waals surface area contributed by atoms with E-state index in [1.807, 2.05) is 19.9 Å². The number of hydrogen-bond acceptors (Lipinski definition) is 6. The van der Waals surface area contributed by atoms with E-state index in [0.717, 1.165) is 16.8 Å². The number of hydrogen-bond donors (Lipinski definition) is 2. The van der Waals surface area contributed by atoms with E-state index in [2.05, 4.69) is 4.98 Å². The maximum absolute atomic E-state index is 11.0. The summed E-state index contributed by atoms with van der Waals surface area (Å²) in [6.07, 6.45) is 0.556. The average molecular weight is 315 g/mol. The Hall–Kier alpha value is -2.38. The van der Waals surface area contributed by atoms with Crippen LogP contribution in [0.5, 0.6) is 11.6 Å². The predicted molar refractivity (Wildman–Crippen MR) is 86.3 cm³/mol. The highest BCUT2D eigenvalue weighted by atomic mass is 16.5. The lowest BCUT2D eigenvalue weighted by Gasteiger charge is -2.14. The van der Waals surface area contributed by atoms with Gasteiger partial charge in [-0.25, -0.2) is 4.98 Å². The Balaban J connectivity index is 2.23. The molecule has 6 nitrogen and oxygen atoms in total. The van der Waals surface area contributed by atoms with Crippen LogP contribution in [0.2, 0.25) is 0 Å². The largest absolute Gasteiger partial charge is 0.489 e. The van der Waals surface area contributed by atoms with Crippen molar-refractivity contribution in [2.75, 3.05) is 7.11 Å². The summed E-state index contributed by atoms with van der Waals surface area (Å²) >= 11 is 0. The zero-order valence-corrected chi connectivity index (χ0v) is 13.2. The fraction of sp³-hybridized carbons (Fsp3) is 0.250. The first-order valence-corrected chi connectivity index (χ1v) is 7.05. The van der Waals surface area contributed by atoms with Crippen LogP contribution >= 0.6 is 0 Å². The van der Waals surface area contributed by atoms with Gasteiger partial charge in [-0.2, -0.15) is 0 Å². The van der Waals surface area contributed by atoms with Crippen molar-refractivity contribution in [1.29, 1.82) is 0 Å². The molecule has 0 bridgehead atoms. The number of aromatic nitrogens is 1. The molecule has 1 heterocycles. The molecular weight excluding hydrogens is 297 g/mol. The molecule has 0 saturated heterocycles. The quantitative estimate of drug-likeness (QED) is 0.605. The molecule has 2 N–H and O–H groups in total. The van der Waals surface area contributed by atoms with Crippen LogP contribution in [0, 0.1) is 13.8 Å². The Kier molecular flexibility index (Phi) is 5.36. The molecule has 0 amide bonds. The third-order valence-electron chi connectivity index (χ3n) is 3.48. The molecule has 1 aromatic carbocycles. The highest BCUT2D eigenvalue weighted by Gasteiger charge is 2.17. The Labute approximate surface area is 134 Å². The van der Waals surface area contributed by atoms with Crippen LogP contribution < -0.4 is 14.9 Å². The van der Waals surface area contributed by atoms with Gasteiger partial charge < -0.3 is 19.5 Å². The van der Waals surface area contributed by atoms with Gasteiger partial charge >= 0.3 is 7.12 Å². The number of carbonyl (C=O) groups excluding carboxylic acids is 1. The minimum atomic E-state index is -1.70. The molecule has 1 aromatic heterocycles. The minimum Gasteiger partial charge on any atom is -0.489 e. The van der Waals surface area contributed by atoms with E-state index in [1.165, 1.54) is 12.1 Å². The summed E-state index contributed by atoms with van der Waals surface area (Å²) in [5.41, 5.74) is 2.97. The first-order chi connectivity index (χ1) is 11.0. The maximum Gasteiger partial charge on any atom is 0.489 e. The molecule has 0 aliphatic carbocycles. The van der Waals surface area contributed by atoms with Crippen LogP contribution in [0.15, 0.2) is 24.3 Å². The fourth-order valence-corrected chi connectivity index (χ4v) is 2.31. The monoisotopic (exact) mass is 315 g/mol. The van der Waals surface area contributed by atoms with Crippen molar-refractivity contribution in [2.45, 2.75) is 20.5 Å². The van der Waals surface area contributed by atoms with Gasteiger partial charge in [0.1, 0.15) is 18.6 Å². The van der Waals surface area contributed by atoms with Crippen molar-refractivity contribution >= 4 is 18.9 Å². The van der Waals surface area contributed by atoms with Gasteiger partial charge in [0, 0.05) is 11.3 Å². The summed E-state index contributed by atoms with van der Waals surface area (Å²) in [5.74, 6) is 0.944. The number of nitrogens with zero attached hydrogens (tertiary/aromatic N) is 1. The van der Waals surface area contributed by atoms with Gasteiger partial charge in [0.25, 0.3) is 0 Å². The van der Waals surface area contributed by atoms with Crippen molar-refractivity contribution in [3.63, 3.8) is 0 Å². The smallest absolute Gasteiger partial charge is 0.489 e. The van der Waals surface area contributed by atoms with Crippen LogP contribution in [0.25, 0.3) is 0 Å². The summed E-state index contributed by atoms with van der Waals surface area (Å²) in [4.78, 5) is 15.4. The lowest BCUT2D eigenvalue weighted by Crippen LogP contribution is -2.32. The number of ether oxygens (including phenoxy) is 2. The van der Waals surface area contributed by atoms with E-state index < -0.39 is 7.12 Å². The van der Waals surface area contributed by atoms with Crippen LogP contribution in [-0.4, -0.2) is 35.5 Å². The third kappa shape index (κ3) is 3.88. The van der Waals surface area contributed by atoms with Gasteiger partial charge in [0.2, 0.25) is 5.88 Å². The molecule has 0 spiro atoms. The van der Waals surface area contributed by atoms with Gasteiger partial charge in [-0.1, -0.05) is 6.07 Å². The van der Waals surface area contributed by atoms with Crippen molar-refractivity contribution in [1.82, 2.24) is 4.98 Å². The van der Waals surface area contributed by atoms with E-state index in [-0.39, 0.29) is 17.6 Å². The predicted octanol–water partition coefficient (Wildman–Crippen LogP) is 0.778. The second-order valence-electron chi connectivity index (χ2n) is 5.14. The summed E-state index contributed by atoms with van der Waals surface area (Å²) in [6.45, 7) is 4.05. The van der Waals surface area contributed by atoms with Gasteiger partial charge in [-0.15, -0.1) is 0 Å². The molecule has 7 heteroatoms. The molecule has 23 heavy (non-hydrogen) atoms. The van der Waals surface area contributed by atoms with Crippen LogP contribution in [0.4, 0.5) is 0 Å². The summed E-state index contributed by atoms with van der Waals surface area (Å²) in [6, 6.07) is 6.42. The number of methoxy groups -OCH3 is 1. The number of carbonyl (C=O) groups is 1. The van der Waals surface area contributed by atoms with E-state index in [0.29, 0.717) is 17.9 Å². The average Bonchev–Trinajstić information content (AvgIpc) is 2.52. The van der Waals surface area contributed by atoms with Gasteiger partial charge in [0.15, 0.2) is 0 Å². The maximum atomic E-state index is 11.0. The molecule has 0 radical (unpaired) electrons. The number of benzene rings is 1. The summed E-state index contributed by atoms with van der Waals surface area (Å²) in [7, 11) is -0.153. The summed E-state index contributed by atoms with van der Waals surface area (Å²) < 4.78 is 11.0. The van der Waals surface area contributed by atoms with Crippen LogP contribution in [-0.2, 0) is 6.61 Å². The molecule has 120 valence electrons. The second-order valence-corrected chi connectivity index (χ2v) is 5.14. The van der Waals surface area contributed by atoms with Crippen molar-refractivity contribution < 1.29 is 24.3 Å². The fourth-order valence-electron chi connectivity index (χ4n) is 2.31.